The lowest BCUT2D eigenvalue weighted by Gasteiger charge is -2.43. The Morgan fingerprint density at radius 2 is 1.96 bits per heavy atom. The maximum atomic E-state index is 12.7. The first kappa shape index (κ1) is 16.2. The summed E-state index contributed by atoms with van der Waals surface area (Å²) in [5.41, 5.74) is -0.171. The first-order valence-corrected chi connectivity index (χ1v) is 10.2. The van der Waals surface area contributed by atoms with Gasteiger partial charge in [-0.1, -0.05) is 0 Å². The second-order valence-electron chi connectivity index (χ2n) is 7.20. The number of hydrogen-bond acceptors (Lipinski definition) is 6. The van der Waals surface area contributed by atoms with Crippen molar-refractivity contribution in [2.24, 2.45) is 5.41 Å². The Labute approximate surface area is 143 Å². The molecule has 24 heavy (non-hydrogen) atoms. The van der Waals surface area contributed by atoms with Gasteiger partial charge in [-0.15, -0.1) is 0 Å². The van der Waals surface area contributed by atoms with Gasteiger partial charge in [0.2, 0.25) is 16.0 Å². The first-order chi connectivity index (χ1) is 11.6. The maximum absolute atomic E-state index is 12.7. The summed E-state index contributed by atoms with van der Waals surface area (Å²) in [5.74, 6) is 0.699. The van der Waals surface area contributed by atoms with Gasteiger partial charge in [-0.3, -0.25) is 0 Å². The molecule has 3 heterocycles. The van der Waals surface area contributed by atoms with E-state index in [1.807, 2.05) is 0 Å². The molecule has 2 aliphatic heterocycles. The molecule has 3 fully saturated rings. The third-order valence-electron chi connectivity index (χ3n) is 5.21. The summed E-state index contributed by atoms with van der Waals surface area (Å²) in [6, 6.07) is 1.80. The Morgan fingerprint density at radius 3 is 2.71 bits per heavy atom. The fourth-order valence-corrected chi connectivity index (χ4v) is 5.81. The molecular weight excluding hydrogens is 328 g/mol. The monoisotopic (exact) mass is 352 g/mol. The number of nitrogens with zero attached hydrogens (tertiary/aromatic N) is 4. The second-order valence-corrected chi connectivity index (χ2v) is 9.42. The molecule has 0 N–H and O–H groups in total. The van der Waals surface area contributed by atoms with E-state index in [-0.39, 0.29) is 10.7 Å². The van der Waals surface area contributed by atoms with E-state index in [2.05, 4.69) is 14.9 Å². The van der Waals surface area contributed by atoms with Crippen LogP contribution in [0.15, 0.2) is 18.5 Å². The van der Waals surface area contributed by atoms with Crippen molar-refractivity contribution in [3.8, 4) is 0 Å². The molecule has 1 aliphatic carbocycles. The Balaban J connectivity index is 1.56. The standard InChI is InChI=1S/C16H24N4O3S/c21-24(22,14-3-4-14)20-8-1-5-16(12-20)11-19(9-10-23-13-16)15-17-6-2-7-18-15/h2,6-7,14H,1,3-5,8-13H2. The van der Waals surface area contributed by atoms with Crippen LogP contribution in [0.4, 0.5) is 5.95 Å². The molecule has 0 bridgehead atoms. The highest BCUT2D eigenvalue weighted by Gasteiger charge is 2.46. The highest BCUT2D eigenvalue weighted by Crippen LogP contribution is 2.38. The smallest absolute Gasteiger partial charge is 0.225 e. The summed E-state index contributed by atoms with van der Waals surface area (Å²) in [5, 5.41) is -0.145. The number of sulfonamides is 1. The molecule has 0 amide bonds. The zero-order valence-corrected chi connectivity index (χ0v) is 14.6. The van der Waals surface area contributed by atoms with E-state index in [9.17, 15) is 8.42 Å². The van der Waals surface area contributed by atoms with Crippen molar-refractivity contribution in [1.29, 1.82) is 0 Å². The van der Waals surface area contributed by atoms with E-state index >= 15 is 0 Å². The van der Waals surface area contributed by atoms with Crippen LogP contribution in [0.1, 0.15) is 25.7 Å². The van der Waals surface area contributed by atoms with Crippen LogP contribution in [-0.4, -0.2) is 67.3 Å². The highest BCUT2D eigenvalue weighted by atomic mass is 32.2. The molecule has 1 saturated carbocycles. The molecule has 0 radical (unpaired) electrons. The normalized spacial score (nSPS) is 29.6. The Bertz CT molecular complexity index is 680. The van der Waals surface area contributed by atoms with Crippen LogP contribution in [0.25, 0.3) is 0 Å². The lowest BCUT2D eigenvalue weighted by molar-refractivity contribution is 0.0349. The summed E-state index contributed by atoms with van der Waals surface area (Å²) >= 11 is 0. The molecule has 8 heteroatoms. The van der Waals surface area contributed by atoms with Crippen molar-refractivity contribution in [3.05, 3.63) is 18.5 Å². The number of rotatable bonds is 3. The molecule has 3 aliphatic rings. The van der Waals surface area contributed by atoms with Gasteiger partial charge in [0.25, 0.3) is 0 Å². The van der Waals surface area contributed by atoms with Gasteiger partial charge < -0.3 is 9.64 Å². The summed E-state index contributed by atoms with van der Waals surface area (Å²) in [6.45, 7) is 3.90. The Morgan fingerprint density at radius 1 is 1.17 bits per heavy atom. The third kappa shape index (κ3) is 3.14. The van der Waals surface area contributed by atoms with E-state index in [1.54, 1.807) is 22.8 Å². The number of ether oxygens (including phenoxy) is 1. The van der Waals surface area contributed by atoms with Gasteiger partial charge in [-0.2, -0.15) is 0 Å². The summed E-state index contributed by atoms with van der Waals surface area (Å²) < 4.78 is 32.9. The zero-order chi connectivity index (χ0) is 16.6. The minimum Gasteiger partial charge on any atom is -0.379 e. The minimum absolute atomic E-state index is 0.145. The fourth-order valence-electron chi connectivity index (χ4n) is 3.82. The Kier molecular flexibility index (Phi) is 4.22. The minimum atomic E-state index is -3.13. The summed E-state index contributed by atoms with van der Waals surface area (Å²) in [4.78, 5) is 10.9. The molecule has 1 spiro atoms. The average molecular weight is 352 g/mol. The van der Waals surface area contributed by atoms with Crippen LogP contribution in [0.5, 0.6) is 0 Å². The lowest BCUT2D eigenvalue weighted by atomic mass is 9.81. The number of aromatic nitrogens is 2. The molecule has 4 rings (SSSR count). The van der Waals surface area contributed by atoms with Gasteiger partial charge >= 0.3 is 0 Å². The van der Waals surface area contributed by atoms with Crippen LogP contribution >= 0.6 is 0 Å². The summed E-state index contributed by atoms with van der Waals surface area (Å²) in [6.07, 6.45) is 6.97. The van der Waals surface area contributed by atoms with E-state index in [4.69, 9.17) is 4.74 Å². The first-order valence-electron chi connectivity index (χ1n) is 8.68. The molecule has 1 aromatic rings. The number of anilines is 1. The van der Waals surface area contributed by atoms with Crippen LogP contribution in [0.2, 0.25) is 0 Å². The van der Waals surface area contributed by atoms with E-state index in [0.29, 0.717) is 32.3 Å². The number of piperidine rings is 1. The molecule has 132 valence electrons. The van der Waals surface area contributed by atoms with E-state index < -0.39 is 10.0 Å². The molecule has 1 atom stereocenters. The fraction of sp³-hybridized carbons (Fsp3) is 0.750. The van der Waals surface area contributed by atoms with Crippen molar-refractivity contribution in [3.63, 3.8) is 0 Å². The second kappa shape index (κ2) is 6.24. The van der Waals surface area contributed by atoms with Crippen molar-refractivity contribution in [2.45, 2.75) is 30.9 Å². The topological polar surface area (TPSA) is 75.6 Å². The Hall–Kier alpha value is -1.25. The quantitative estimate of drug-likeness (QED) is 0.804. The van der Waals surface area contributed by atoms with Gasteiger partial charge in [-0.05, 0) is 31.7 Å². The SMILES string of the molecule is O=S(=O)(C1CC1)N1CCCC2(COCCN(c3ncccn3)C2)C1. The maximum Gasteiger partial charge on any atom is 0.225 e. The van der Waals surface area contributed by atoms with Crippen LogP contribution in [-0.2, 0) is 14.8 Å². The van der Waals surface area contributed by atoms with Crippen molar-refractivity contribution in [2.75, 3.05) is 44.3 Å². The predicted octanol–water partition coefficient (Wildman–Crippen LogP) is 0.888. The summed E-state index contributed by atoms with van der Waals surface area (Å²) in [7, 11) is -3.13. The molecule has 1 aromatic heterocycles. The van der Waals surface area contributed by atoms with Crippen LogP contribution < -0.4 is 4.90 Å². The molecule has 2 saturated heterocycles. The highest BCUT2D eigenvalue weighted by molar-refractivity contribution is 7.90. The average Bonchev–Trinajstić information content (AvgIpc) is 3.44. The predicted molar refractivity (Wildman–Crippen MR) is 90.2 cm³/mol. The molecular formula is C16H24N4O3S. The van der Waals surface area contributed by atoms with Crippen molar-refractivity contribution in [1.82, 2.24) is 14.3 Å². The third-order valence-corrected chi connectivity index (χ3v) is 7.55. The van der Waals surface area contributed by atoms with Gasteiger partial charge in [0.1, 0.15) is 0 Å². The lowest BCUT2D eigenvalue weighted by Crippen LogP contribution is -2.53. The van der Waals surface area contributed by atoms with Gasteiger partial charge in [0.15, 0.2) is 0 Å². The van der Waals surface area contributed by atoms with Crippen molar-refractivity contribution >= 4 is 16.0 Å². The van der Waals surface area contributed by atoms with Gasteiger partial charge in [0.05, 0.1) is 18.5 Å². The van der Waals surface area contributed by atoms with Crippen LogP contribution in [0.3, 0.4) is 0 Å². The molecule has 1 unspecified atom stereocenters. The van der Waals surface area contributed by atoms with Gasteiger partial charge in [0, 0.05) is 44.0 Å². The van der Waals surface area contributed by atoms with Crippen LogP contribution in [0, 0.1) is 5.41 Å². The molecule has 0 aromatic carbocycles. The van der Waals surface area contributed by atoms with E-state index in [0.717, 1.165) is 38.8 Å². The van der Waals surface area contributed by atoms with Gasteiger partial charge in [-0.25, -0.2) is 22.7 Å². The zero-order valence-electron chi connectivity index (χ0n) is 13.8. The molecule has 7 nitrogen and oxygen atoms in total. The van der Waals surface area contributed by atoms with Crippen molar-refractivity contribution < 1.29 is 13.2 Å². The largest absolute Gasteiger partial charge is 0.379 e. The van der Waals surface area contributed by atoms with E-state index in [1.165, 1.54) is 0 Å². The number of hydrogen-bond donors (Lipinski definition) is 0.